The Balaban J connectivity index is 2.27. The second-order valence-electron chi connectivity index (χ2n) is 9.79. The first-order valence-corrected chi connectivity index (χ1v) is 12.8. The molecule has 1 amide bonds. The number of amides is 1. The molecule has 1 atom stereocenters. The van der Waals surface area contributed by atoms with Crippen molar-refractivity contribution in [2.75, 3.05) is 6.61 Å². The van der Waals surface area contributed by atoms with E-state index in [1.54, 1.807) is 6.08 Å². The van der Waals surface area contributed by atoms with Crippen molar-refractivity contribution in [1.82, 2.24) is 5.32 Å². The zero-order chi connectivity index (χ0) is 23.1. The van der Waals surface area contributed by atoms with Gasteiger partial charge in [0.05, 0.1) is 6.04 Å². The molecule has 0 saturated heterocycles. The Labute approximate surface area is 188 Å². The molecule has 5 heteroatoms. The number of ether oxygens (including phenoxy) is 1. The fraction of sp³-hybridized carbons (Fsp3) is 0.423. The molecule has 0 aliphatic carbocycles. The van der Waals surface area contributed by atoms with Gasteiger partial charge in [0, 0.05) is 6.61 Å². The molecule has 0 fully saturated rings. The van der Waals surface area contributed by atoms with Gasteiger partial charge < -0.3 is 14.5 Å². The maximum Gasteiger partial charge on any atom is 0.408 e. The molecular weight excluding hydrogens is 402 g/mol. The lowest BCUT2D eigenvalue weighted by Gasteiger charge is -2.43. The summed E-state index contributed by atoms with van der Waals surface area (Å²) in [6.45, 7) is 16.7. The Morgan fingerprint density at radius 3 is 1.84 bits per heavy atom. The second-order valence-corrected chi connectivity index (χ2v) is 14.1. The summed E-state index contributed by atoms with van der Waals surface area (Å²) < 4.78 is 12.3. The number of benzene rings is 2. The Morgan fingerprint density at radius 2 is 1.45 bits per heavy atom. The van der Waals surface area contributed by atoms with Crippen LogP contribution in [0.5, 0.6) is 0 Å². The quantitative estimate of drug-likeness (QED) is 0.463. The Morgan fingerprint density at radius 1 is 0.968 bits per heavy atom. The van der Waals surface area contributed by atoms with E-state index >= 15 is 0 Å². The van der Waals surface area contributed by atoms with E-state index in [2.05, 4.69) is 81.2 Å². The molecule has 31 heavy (non-hydrogen) atoms. The second kappa shape index (κ2) is 10.3. The predicted octanol–water partition coefficient (Wildman–Crippen LogP) is 5.03. The van der Waals surface area contributed by atoms with E-state index in [0.29, 0.717) is 13.0 Å². The van der Waals surface area contributed by atoms with E-state index in [9.17, 15) is 4.79 Å². The first-order chi connectivity index (χ1) is 14.5. The average molecular weight is 440 g/mol. The maximum absolute atomic E-state index is 12.2. The summed E-state index contributed by atoms with van der Waals surface area (Å²) in [5.41, 5.74) is -0.540. The van der Waals surface area contributed by atoms with Crippen molar-refractivity contribution in [3.63, 3.8) is 0 Å². The molecule has 0 bridgehead atoms. The number of nitrogens with one attached hydrogen (secondary N) is 1. The molecule has 2 aromatic rings. The van der Waals surface area contributed by atoms with Crippen LogP contribution in [0, 0.1) is 0 Å². The van der Waals surface area contributed by atoms with E-state index in [-0.39, 0.29) is 11.1 Å². The van der Waals surface area contributed by atoms with E-state index in [4.69, 9.17) is 9.16 Å². The van der Waals surface area contributed by atoms with Gasteiger partial charge in [-0.05, 0) is 42.6 Å². The molecule has 0 saturated carbocycles. The third-order valence-corrected chi connectivity index (χ3v) is 10.2. The van der Waals surface area contributed by atoms with Gasteiger partial charge >= 0.3 is 6.09 Å². The van der Waals surface area contributed by atoms with Gasteiger partial charge in [0.2, 0.25) is 0 Å². The van der Waals surface area contributed by atoms with E-state index < -0.39 is 20.0 Å². The van der Waals surface area contributed by atoms with Crippen molar-refractivity contribution >= 4 is 24.8 Å². The number of alkyl carbamates (subject to hydrolysis) is 1. The smallest absolute Gasteiger partial charge is 0.408 e. The number of hydrogen-bond donors (Lipinski definition) is 1. The highest BCUT2D eigenvalue weighted by molar-refractivity contribution is 6.99. The Hall–Kier alpha value is -2.37. The minimum atomic E-state index is -2.59. The van der Waals surface area contributed by atoms with E-state index in [1.807, 2.05) is 32.9 Å². The summed E-state index contributed by atoms with van der Waals surface area (Å²) in [6.07, 6.45) is 1.91. The standard InChI is InChI=1S/C26H37NO3Si/c1-8-21(27-24(28)30-25(2,3)4)19-20-29-31(26(5,6)7,22-15-11-9-12-16-22)23-17-13-10-14-18-23/h8-18,21H,1,19-20H2,2-7H3,(H,27,28)/t21-/m0/s1. The van der Waals surface area contributed by atoms with Crippen LogP contribution in [0.3, 0.4) is 0 Å². The third-order valence-electron chi connectivity index (χ3n) is 5.15. The fourth-order valence-corrected chi connectivity index (χ4v) is 8.39. The van der Waals surface area contributed by atoms with Crippen LogP contribution in [0.1, 0.15) is 48.0 Å². The van der Waals surface area contributed by atoms with Crippen LogP contribution in [-0.4, -0.2) is 32.7 Å². The molecule has 1 N–H and O–H groups in total. The maximum atomic E-state index is 12.2. The topological polar surface area (TPSA) is 47.6 Å². The molecule has 2 aromatic carbocycles. The van der Waals surface area contributed by atoms with Gasteiger partial charge in [-0.2, -0.15) is 0 Å². The molecule has 168 valence electrons. The highest BCUT2D eigenvalue weighted by atomic mass is 28.4. The number of carbonyl (C=O) groups excluding carboxylic acids is 1. The summed E-state index contributed by atoms with van der Waals surface area (Å²) in [6, 6.07) is 20.8. The summed E-state index contributed by atoms with van der Waals surface area (Å²) in [4.78, 5) is 12.2. The van der Waals surface area contributed by atoms with E-state index in [0.717, 1.165) is 0 Å². The minimum absolute atomic E-state index is 0.0853. The number of hydrogen-bond acceptors (Lipinski definition) is 3. The van der Waals surface area contributed by atoms with Crippen molar-refractivity contribution in [3.8, 4) is 0 Å². The lowest BCUT2D eigenvalue weighted by Crippen LogP contribution is -2.66. The predicted molar refractivity (Wildman–Crippen MR) is 132 cm³/mol. The zero-order valence-corrected chi connectivity index (χ0v) is 20.8. The summed E-state index contributed by atoms with van der Waals surface area (Å²) in [7, 11) is -2.59. The summed E-state index contributed by atoms with van der Waals surface area (Å²) in [5, 5.41) is 5.28. The minimum Gasteiger partial charge on any atom is -0.444 e. The lowest BCUT2D eigenvalue weighted by molar-refractivity contribution is 0.0509. The van der Waals surface area contributed by atoms with Crippen molar-refractivity contribution in [3.05, 3.63) is 73.3 Å². The molecule has 0 heterocycles. The Bertz CT molecular complexity index is 799. The Kier molecular flexibility index (Phi) is 8.26. The van der Waals surface area contributed by atoms with Crippen molar-refractivity contribution in [1.29, 1.82) is 0 Å². The lowest BCUT2D eigenvalue weighted by atomic mass is 10.2. The van der Waals surface area contributed by atoms with Gasteiger partial charge in [-0.15, -0.1) is 6.58 Å². The highest BCUT2D eigenvalue weighted by Gasteiger charge is 2.50. The van der Waals surface area contributed by atoms with Crippen molar-refractivity contribution in [2.45, 2.75) is 64.6 Å². The first-order valence-electron chi connectivity index (χ1n) is 10.9. The van der Waals surface area contributed by atoms with Crippen LogP contribution >= 0.6 is 0 Å². The molecule has 0 spiro atoms. The molecular formula is C26H37NO3Si. The largest absolute Gasteiger partial charge is 0.444 e. The third kappa shape index (κ3) is 6.55. The van der Waals surface area contributed by atoms with Gasteiger partial charge in [0.15, 0.2) is 0 Å². The zero-order valence-electron chi connectivity index (χ0n) is 19.8. The van der Waals surface area contributed by atoms with Crippen LogP contribution in [0.4, 0.5) is 4.79 Å². The van der Waals surface area contributed by atoms with Gasteiger partial charge in [-0.25, -0.2) is 4.79 Å². The molecule has 2 rings (SSSR count). The molecule has 0 radical (unpaired) electrons. The van der Waals surface area contributed by atoms with Crippen LogP contribution in [0.2, 0.25) is 5.04 Å². The summed E-state index contributed by atoms with van der Waals surface area (Å²) >= 11 is 0. The highest BCUT2D eigenvalue weighted by Crippen LogP contribution is 2.36. The molecule has 0 aromatic heterocycles. The fourth-order valence-electron chi connectivity index (χ4n) is 3.81. The monoisotopic (exact) mass is 439 g/mol. The average Bonchev–Trinajstić information content (AvgIpc) is 2.69. The molecule has 0 unspecified atom stereocenters. The number of rotatable bonds is 8. The molecule has 0 aliphatic heterocycles. The van der Waals surface area contributed by atoms with Crippen molar-refractivity contribution in [2.24, 2.45) is 0 Å². The number of carbonyl (C=O) groups is 1. The SMILES string of the molecule is C=C[C@@H](CCO[Si](c1ccccc1)(c1ccccc1)C(C)(C)C)NC(=O)OC(C)(C)C. The van der Waals surface area contributed by atoms with Crippen molar-refractivity contribution < 1.29 is 14.0 Å². The van der Waals surface area contributed by atoms with Gasteiger partial charge in [-0.1, -0.05) is 87.5 Å². The summed E-state index contributed by atoms with van der Waals surface area (Å²) in [5.74, 6) is 0. The van der Waals surface area contributed by atoms with Gasteiger partial charge in [-0.3, -0.25) is 0 Å². The van der Waals surface area contributed by atoms with E-state index in [1.165, 1.54) is 10.4 Å². The van der Waals surface area contributed by atoms with Crippen LogP contribution in [-0.2, 0) is 9.16 Å². The van der Waals surface area contributed by atoms with Crippen LogP contribution < -0.4 is 15.7 Å². The van der Waals surface area contributed by atoms with Gasteiger partial charge in [0.25, 0.3) is 8.32 Å². The normalized spacial score (nSPS) is 13.4. The van der Waals surface area contributed by atoms with Gasteiger partial charge in [0.1, 0.15) is 5.60 Å². The first kappa shape index (κ1) is 24.9. The van der Waals surface area contributed by atoms with Crippen LogP contribution in [0.25, 0.3) is 0 Å². The molecule has 4 nitrogen and oxygen atoms in total. The van der Waals surface area contributed by atoms with Crippen LogP contribution in [0.15, 0.2) is 73.3 Å². The molecule has 0 aliphatic rings.